The second-order valence-electron chi connectivity index (χ2n) is 7.12. The zero-order chi connectivity index (χ0) is 17.8. The quantitative estimate of drug-likeness (QED) is 0.831. The molecule has 0 bridgehead atoms. The first-order chi connectivity index (χ1) is 11.8. The van der Waals surface area contributed by atoms with Crippen molar-refractivity contribution < 1.29 is 22.4 Å². The van der Waals surface area contributed by atoms with Gasteiger partial charge in [0.2, 0.25) is 5.91 Å². The number of halogens is 1. The summed E-state index contributed by atoms with van der Waals surface area (Å²) >= 11 is 0. The van der Waals surface area contributed by atoms with E-state index in [1.807, 2.05) is 0 Å². The van der Waals surface area contributed by atoms with Crippen molar-refractivity contribution >= 4 is 27.3 Å². The van der Waals surface area contributed by atoms with E-state index in [-0.39, 0.29) is 17.2 Å². The van der Waals surface area contributed by atoms with E-state index in [0.29, 0.717) is 36.9 Å². The number of aryl methyl sites for hydroxylation is 1. The van der Waals surface area contributed by atoms with Crippen molar-refractivity contribution in [1.29, 1.82) is 0 Å². The molecule has 0 radical (unpaired) electrons. The van der Waals surface area contributed by atoms with Crippen molar-refractivity contribution in [2.45, 2.75) is 49.3 Å². The fourth-order valence-corrected chi connectivity index (χ4v) is 6.64. The number of hydrogen-bond donors (Lipinski definition) is 2. The zero-order valence-electron chi connectivity index (χ0n) is 13.6. The summed E-state index contributed by atoms with van der Waals surface area (Å²) in [6.07, 6.45) is 3.52. The van der Waals surface area contributed by atoms with Crippen LogP contribution < -0.4 is 10.6 Å². The van der Waals surface area contributed by atoms with E-state index in [9.17, 15) is 22.4 Å². The predicted molar refractivity (Wildman–Crippen MR) is 89.6 cm³/mol. The average molecular weight is 366 g/mol. The summed E-state index contributed by atoms with van der Waals surface area (Å²) in [5.74, 6) is -1.57. The van der Waals surface area contributed by atoms with E-state index in [1.54, 1.807) is 0 Å². The summed E-state index contributed by atoms with van der Waals surface area (Å²) in [7, 11) is -3.19. The van der Waals surface area contributed by atoms with Gasteiger partial charge in [-0.15, -0.1) is 0 Å². The van der Waals surface area contributed by atoms with Crippen LogP contribution in [0, 0.1) is 5.82 Å². The van der Waals surface area contributed by atoms with Gasteiger partial charge in [-0.1, -0.05) is 12.8 Å². The highest BCUT2D eigenvalue weighted by molar-refractivity contribution is 7.94. The molecule has 25 heavy (non-hydrogen) atoms. The van der Waals surface area contributed by atoms with Gasteiger partial charge in [-0.3, -0.25) is 9.59 Å². The molecule has 1 saturated heterocycles. The van der Waals surface area contributed by atoms with Crippen LogP contribution in [-0.4, -0.2) is 36.8 Å². The third-order valence-corrected chi connectivity index (χ3v) is 8.43. The molecule has 2 aliphatic heterocycles. The topological polar surface area (TPSA) is 92.3 Å². The molecule has 1 saturated carbocycles. The summed E-state index contributed by atoms with van der Waals surface area (Å²) in [6.45, 7) is 0. The lowest BCUT2D eigenvalue weighted by molar-refractivity contribution is -0.116. The number of amides is 2. The first-order valence-corrected chi connectivity index (χ1v) is 10.1. The molecule has 2 fully saturated rings. The highest BCUT2D eigenvalue weighted by atomic mass is 32.2. The van der Waals surface area contributed by atoms with Gasteiger partial charge in [-0.2, -0.15) is 0 Å². The van der Waals surface area contributed by atoms with E-state index in [2.05, 4.69) is 10.6 Å². The van der Waals surface area contributed by atoms with Crippen LogP contribution in [-0.2, 0) is 21.1 Å². The molecular formula is C17H19FN2O4S. The van der Waals surface area contributed by atoms with Crippen LogP contribution in [0.2, 0.25) is 0 Å². The Labute approximate surface area is 145 Å². The summed E-state index contributed by atoms with van der Waals surface area (Å²) < 4.78 is 37.8. The number of anilines is 1. The molecule has 8 heteroatoms. The number of carbonyl (C=O) groups excluding carboxylic acids is 2. The molecule has 1 atom stereocenters. The lowest BCUT2D eigenvalue weighted by atomic mass is 9.95. The minimum absolute atomic E-state index is 0.0820. The molecule has 1 unspecified atom stereocenters. The molecule has 1 aromatic rings. The minimum Gasteiger partial charge on any atom is -0.347 e. The molecule has 1 spiro atoms. The monoisotopic (exact) mass is 366 g/mol. The molecule has 1 aromatic carbocycles. The predicted octanol–water partition coefficient (Wildman–Crippen LogP) is 1.55. The van der Waals surface area contributed by atoms with Gasteiger partial charge in [0.25, 0.3) is 5.91 Å². The molecule has 0 aromatic heterocycles. The Morgan fingerprint density at radius 2 is 1.96 bits per heavy atom. The molecule has 134 valence electrons. The zero-order valence-corrected chi connectivity index (χ0v) is 14.4. The minimum atomic E-state index is -3.19. The van der Waals surface area contributed by atoms with Gasteiger partial charge in [-0.25, -0.2) is 12.8 Å². The summed E-state index contributed by atoms with van der Waals surface area (Å²) in [4.78, 5) is 23.9. The van der Waals surface area contributed by atoms with Gasteiger partial charge in [0.05, 0.1) is 22.1 Å². The van der Waals surface area contributed by atoms with Crippen LogP contribution in [0.1, 0.15) is 48.0 Å². The highest BCUT2D eigenvalue weighted by Gasteiger charge is 2.61. The number of nitrogens with one attached hydrogen (secondary N) is 2. The largest absolute Gasteiger partial charge is 0.347 e. The molecule has 6 nitrogen and oxygen atoms in total. The van der Waals surface area contributed by atoms with E-state index in [0.717, 1.165) is 18.9 Å². The third-order valence-electron chi connectivity index (χ3n) is 5.73. The van der Waals surface area contributed by atoms with Crippen LogP contribution in [0.25, 0.3) is 0 Å². The Morgan fingerprint density at radius 1 is 1.24 bits per heavy atom. The fourth-order valence-electron chi connectivity index (χ4n) is 4.27. The smallest absolute Gasteiger partial charge is 0.254 e. The number of carbonyl (C=O) groups is 2. The van der Waals surface area contributed by atoms with Gasteiger partial charge >= 0.3 is 0 Å². The second-order valence-corrected chi connectivity index (χ2v) is 9.49. The second kappa shape index (κ2) is 5.52. The van der Waals surface area contributed by atoms with Gasteiger partial charge in [0.1, 0.15) is 5.82 Å². The number of rotatable bonds is 2. The molecular weight excluding hydrogens is 347 g/mol. The Bertz CT molecular complexity index is 875. The normalized spacial score (nSPS) is 25.8. The SMILES string of the molecule is O=C1CCc2cc(C(=O)NC3CS(=O)(=O)C34CCCC4)c(F)cc2N1. The van der Waals surface area contributed by atoms with Crippen LogP contribution in [0.3, 0.4) is 0 Å². The number of benzene rings is 1. The van der Waals surface area contributed by atoms with E-state index in [4.69, 9.17) is 0 Å². The van der Waals surface area contributed by atoms with Crippen molar-refractivity contribution in [2.24, 2.45) is 0 Å². The average Bonchev–Trinajstić information content (AvgIpc) is 3.06. The van der Waals surface area contributed by atoms with Crippen LogP contribution >= 0.6 is 0 Å². The Kier molecular flexibility index (Phi) is 3.64. The van der Waals surface area contributed by atoms with E-state index in [1.165, 1.54) is 6.07 Å². The highest BCUT2D eigenvalue weighted by Crippen LogP contribution is 2.47. The van der Waals surface area contributed by atoms with Crippen molar-refractivity contribution in [3.05, 3.63) is 29.1 Å². The lowest BCUT2D eigenvalue weighted by Crippen LogP contribution is -2.68. The standard InChI is InChI=1S/C17H19FN2O4S/c18-12-8-13-10(3-4-15(21)19-13)7-11(12)16(22)20-14-9-25(23,24)17(14)5-1-2-6-17/h7-8,14H,1-6,9H2,(H,19,21)(H,20,22). The van der Waals surface area contributed by atoms with E-state index < -0.39 is 32.4 Å². The maximum absolute atomic E-state index is 14.3. The number of sulfone groups is 1. The molecule has 2 amide bonds. The maximum atomic E-state index is 14.3. The van der Waals surface area contributed by atoms with Crippen LogP contribution in [0.15, 0.2) is 12.1 Å². The van der Waals surface area contributed by atoms with Gasteiger partial charge in [-0.05, 0) is 37.0 Å². The third kappa shape index (κ3) is 2.46. The summed E-state index contributed by atoms with van der Waals surface area (Å²) in [5.41, 5.74) is 0.999. The fraction of sp³-hybridized carbons (Fsp3) is 0.529. The molecule has 4 rings (SSSR count). The Balaban J connectivity index is 1.57. The summed E-state index contributed by atoms with van der Waals surface area (Å²) in [5, 5.41) is 5.32. The van der Waals surface area contributed by atoms with Crippen molar-refractivity contribution in [3.8, 4) is 0 Å². The first kappa shape index (κ1) is 16.5. The van der Waals surface area contributed by atoms with Crippen molar-refractivity contribution in [3.63, 3.8) is 0 Å². The van der Waals surface area contributed by atoms with Crippen molar-refractivity contribution in [1.82, 2.24) is 5.32 Å². The maximum Gasteiger partial charge on any atom is 0.254 e. The summed E-state index contributed by atoms with van der Waals surface area (Å²) in [6, 6.07) is 2.15. The molecule has 2 heterocycles. The van der Waals surface area contributed by atoms with Gasteiger partial charge in [0, 0.05) is 12.1 Å². The molecule has 2 N–H and O–H groups in total. The number of fused-ring (bicyclic) bond motifs is 1. The lowest BCUT2D eigenvalue weighted by Gasteiger charge is -2.46. The van der Waals surface area contributed by atoms with E-state index >= 15 is 0 Å². The van der Waals surface area contributed by atoms with Crippen molar-refractivity contribution in [2.75, 3.05) is 11.1 Å². The molecule has 3 aliphatic rings. The number of hydrogen-bond acceptors (Lipinski definition) is 4. The Morgan fingerprint density at radius 3 is 2.64 bits per heavy atom. The van der Waals surface area contributed by atoms with Gasteiger partial charge < -0.3 is 10.6 Å². The van der Waals surface area contributed by atoms with Crippen LogP contribution in [0.4, 0.5) is 10.1 Å². The molecule has 1 aliphatic carbocycles. The Hall–Kier alpha value is -1.96. The van der Waals surface area contributed by atoms with Crippen LogP contribution in [0.5, 0.6) is 0 Å². The van der Waals surface area contributed by atoms with Gasteiger partial charge in [0.15, 0.2) is 9.84 Å². The first-order valence-electron chi connectivity index (χ1n) is 8.48.